The van der Waals surface area contributed by atoms with Gasteiger partial charge in [0.2, 0.25) is 0 Å². The van der Waals surface area contributed by atoms with Crippen molar-refractivity contribution in [1.29, 1.82) is 0 Å². The number of aromatic nitrogens is 6. The maximum atomic E-state index is 13.1. The van der Waals surface area contributed by atoms with E-state index in [-0.39, 0.29) is 17.1 Å². The quantitative estimate of drug-likeness (QED) is 0.439. The Morgan fingerprint density at radius 2 is 1.88 bits per heavy atom. The summed E-state index contributed by atoms with van der Waals surface area (Å²) in [5, 5.41) is 13.7. The fraction of sp³-hybridized carbons (Fsp3) is 0.423. The molecule has 0 fully saturated rings. The predicted molar refractivity (Wildman–Crippen MR) is 133 cm³/mol. The number of hydrogen-bond acceptors (Lipinski definition) is 6. The van der Waals surface area contributed by atoms with Crippen molar-refractivity contribution in [2.24, 2.45) is 0 Å². The van der Waals surface area contributed by atoms with E-state index in [4.69, 9.17) is 0 Å². The smallest absolute Gasteiger partial charge is 0.252 e. The van der Waals surface area contributed by atoms with Gasteiger partial charge in [0.05, 0.1) is 11.6 Å². The van der Waals surface area contributed by atoms with Crippen molar-refractivity contribution in [2.45, 2.75) is 72.6 Å². The topological polar surface area (TPSA) is 92.6 Å². The molecule has 1 aromatic carbocycles. The number of hydrogen-bond donors (Lipinski definition) is 1. The van der Waals surface area contributed by atoms with Gasteiger partial charge in [-0.3, -0.25) is 14.7 Å². The molecule has 0 unspecified atom stereocenters. The number of rotatable bonds is 7. The highest BCUT2D eigenvalue weighted by molar-refractivity contribution is 5.80. The molecule has 4 aromatic rings. The number of benzene rings is 1. The van der Waals surface area contributed by atoms with Crippen LogP contribution in [0, 0.1) is 13.8 Å². The minimum atomic E-state index is -0.262. The molecule has 3 aromatic heterocycles. The molecule has 1 N–H and O–H groups in total. The van der Waals surface area contributed by atoms with E-state index in [2.05, 4.69) is 84.1 Å². The Hall–Kier alpha value is -3.39. The van der Waals surface area contributed by atoms with E-state index in [1.165, 1.54) is 5.56 Å². The first kappa shape index (κ1) is 23.8. The fourth-order valence-corrected chi connectivity index (χ4v) is 4.34. The fourth-order valence-electron chi connectivity index (χ4n) is 4.34. The Bertz CT molecular complexity index is 1340. The van der Waals surface area contributed by atoms with Crippen molar-refractivity contribution in [1.82, 2.24) is 35.1 Å². The molecule has 0 aliphatic carbocycles. The van der Waals surface area contributed by atoms with Crippen molar-refractivity contribution in [2.75, 3.05) is 0 Å². The molecule has 1 atom stereocenters. The third-order valence-corrected chi connectivity index (χ3v) is 6.27. The molecule has 0 amide bonds. The highest BCUT2D eigenvalue weighted by atomic mass is 16.1. The number of nitrogens with one attached hydrogen (secondary N) is 1. The average molecular weight is 460 g/mol. The third kappa shape index (κ3) is 4.92. The van der Waals surface area contributed by atoms with E-state index in [0.29, 0.717) is 18.7 Å². The van der Waals surface area contributed by atoms with Gasteiger partial charge in [-0.1, -0.05) is 13.0 Å². The number of aromatic amines is 1. The summed E-state index contributed by atoms with van der Waals surface area (Å²) in [6, 6.07) is 10.1. The molecule has 0 spiro atoms. The Morgan fingerprint density at radius 1 is 1.12 bits per heavy atom. The van der Waals surface area contributed by atoms with E-state index in [0.717, 1.165) is 34.3 Å². The molecule has 0 saturated heterocycles. The lowest BCUT2D eigenvalue weighted by molar-refractivity contribution is 0.153. The van der Waals surface area contributed by atoms with Gasteiger partial charge in [0, 0.05) is 36.6 Å². The first-order valence-electron chi connectivity index (χ1n) is 11.7. The normalized spacial score (nSPS) is 13.0. The summed E-state index contributed by atoms with van der Waals surface area (Å²) in [5.74, 6) is 0.794. The molecule has 3 heterocycles. The summed E-state index contributed by atoms with van der Waals surface area (Å²) in [6.07, 6.45) is 4.42. The zero-order chi connectivity index (χ0) is 24.5. The lowest BCUT2D eigenvalue weighted by Gasteiger charge is -2.32. The second-order valence-corrected chi connectivity index (χ2v) is 9.96. The molecule has 0 bridgehead atoms. The Kier molecular flexibility index (Phi) is 6.61. The van der Waals surface area contributed by atoms with Gasteiger partial charge in [-0.25, -0.2) is 4.68 Å². The van der Waals surface area contributed by atoms with Crippen LogP contribution in [-0.2, 0) is 18.6 Å². The van der Waals surface area contributed by atoms with Crippen molar-refractivity contribution < 1.29 is 0 Å². The zero-order valence-corrected chi connectivity index (χ0v) is 20.8. The van der Waals surface area contributed by atoms with Gasteiger partial charge in [-0.15, -0.1) is 5.10 Å². The van der Waals surface area contributed by atoms with E-state index in [9.17, 15) is 4.79 Å². The molecular weight excluding hydrogens is 426 g/mol. The van der Waals surface area contributed by atoms with Crippen molar-refractivity contribution in [3.63, 3.8) is 0 Å². The minimum absolute atomic E-state index is 0.0720. The second-order valence-electron chi connectivity index (χ2n) is 9.96. The lowest BCUT2D eigenvalue weighted by atomic mass is 10.0. The summed E-state index contributed by atoms with van der Waals surface area (Å²) in [6.45, 7) is 13.6. The molecule has 178 valence electrons. The van der Waals surface area contributed by atoms with Gasteiger partial charge in [0.25, 0.3) is 5.56 Å². The van der Waals surface area contributed by atoms with Crippen LogP contribution in [0.4, 0.5) is 0 Å². The van der Waals surface area contributed by atoms with Crippen LogP contribution in [-0.4, -0.2) is 35.1 Å². The number of H-pyrrole nitrogens is 1. The van der Waals surface area contributed by atoms with Crippen LogP contribution in [0.1, 0.15) is 68.2 Å². The van der Waals surface area contributed by atoms with Gasteiger partial charge in [-0.05, 0) is 97.8 Å². The molecule has 34 heavy (non-hydrogen) atoms. The standard InChI is InChI=1S/C26H33N7O/c1-7-23(24-29-30-31-33(24)26(4,5)6)32(15-19-9-8-10-27-14-19)16-21-13-20-11-17(2)18(3)12-22(20)28-25(21)34/h8-14,23H,7,15-16H2,1-6H3,(H,28,34)/t23-/m1/s1. The maximum absolute atomic E-state index is 13.1. The summed E-state index contributed by atoms with van der Waals surface area (Å²) in [5.41, 5.74) is 4.67. The number of nitrogens with zero attached hydrogens (tertiary/aromatic N) is 6. The van der Waals surface area contributed by atoms with Gasteiger partial charge < -0.3 is 4.98 Å². The van der Waals surface area contributed by atoms with Gasteiger partial charge in [0.15, 0.2) is 5.82 Å². The minimum Gasteiger partial charge on any atom is -0.322 e. The predicted octanol–water partition coefficient (Wildman–Crippen LogP) is 4.43. The first-order chi connectivity index (χ1) is 16.2. The zero-order valence-electron chi connectivity index (χ0n) is 20.8. The Balaban J connectivity index is 1.78. The van der Waals surface area contributed by atoms with Crippen LogP contribution in [0.2, 0.25) is 0 Å². The number of tetrazole rings is 1. The van der Waals surface area contributed by atoms with E-state index in [1.807, 2.05) is 29.1 Å². The molecule has 8 heteroatoms. The summed E-state index contributed by atoms with van der Waals surface area (Å²) < 4.78 is 1.88. The van der Waals surface area contributed by atoms with Crippen molar-refractivity contribution in [3.8, 4) is 0 Å². The molecule has 0 radical (unpaired) electrons. The van der Waals surface area contributed by atoms with Gasteiger partial charge in [-0.2, -0.15) is 0 Å². The first-order valence-corrected chi connectivity index (χ1v) is 11.7. The largest absolute Gasteiger partial charge is 0.322 e. The van der Waals surface area contributed by atoms with E-state index >= 15 is 0 Å². The maximum Gasteiger partial charge on any atom is 0.252 e. The molecule has 0 saturated carbocycles. The Labute approximate surface area is 200 Å². The highest BCUT2D eigenvalue weighted by Gasteiger charge is 2.29. The van der Waals surface area contributed by atoms with Crippen LogP contribution in [0.3, 0.4) is 0 Å². The van der Waals surface area contributed by atoms with E-state index in [1.54, 1.807) is 6.20 Å². The molecule has 8 nitrogen and oxygen atoms in total. The molecule has 0 aliphatic rings. The highest BCUT2D eigenvalue weighted by Crippen LogP contribution is 2.29. The van der Waals surface area contributed by atoms with Crippen molar-refractivity contribution >= 4 is 10.9 Å². The molecule has 0 aliphatic heterocycles. The second kappa shape index (κ2) is 9.46. The van der Waals surface area contributed by atoms with Crippen LogP contribution < -0.4 is 5.56 Å². The summed E-state index contributed by atoms with van der Waals surface area (Å²) in [7, 11) is 0. The van der Waals surface area contributed by atoms with Crippen LogP contribution in [0.25, 0.3) is 10.9 Å². The average Bonchev–Trinajstić information content (AvgIpc) is 3.27. The van der Waals surface area contributed by atoms with Crippen LogP contribution in [0.5, 0.6) is 0 Å². The lowest BCUT2D eigenvalue weighted by Crippen LogP contribution is -2.35. The monoisotopic (exact) mass is 459 g/mol. The number of pyridine rings is 2. The Morgan fingerprint density at radius 3 is 2.56 bits per heavy atom. The number of fused-ring (bicyclic) bond motifs is 1. The van der Waals surface area contributed by atoms with E-state index < -0.39 is 0 Å². The number of aryl methyl sites for hydroxylation is 2. The van der Waals surface area contributed by atoms with Crippen molar-refractivity contribution in [3.05, 3.63) is 81.2 Å². The third-order valence-electron chi connectivity index (χ3n) is 6.27. The van der Waals surface area contributed by atoms with Crippen LogP contribution in [0.15, 0.2) is 47.5 Å². The SMILES string of the molecule is CC[C@H](c1nnnn1C(C)(C)C)N(Cc1cccnc1)Cc1cc2cc(C)c(C)cc2[nH]c1=O. The summed E-state index contributed by atoms with van der Waals surface area (Å²) in [4.78, 5) is 22.7. The van der Waals surface area contributed by atoms with Gasteiger partial charge in [0.1, 0.15) is 0 Å². The van der Waals surface area contributed by atoms with Gasteiger partial charge >= 0.3 is 0 Å². The molecular formula is C26H33N7O. The van der Waals surface area contributed by atoms with Crippen LogP contribution >= 0.6 is 0 Å². The molecule has 4 rings (SSSR count). The summed E-state index contributed by atoms with van der Waals surface area (Å²) >= 11 is 0.